The highest BCUT2D eigenvalue weighted by Gasteiger charge is 2.19. The van der Waals surface area contributed by atoms with Crippen molar-refractivity contribution in [2.24, 2.45) is 0 Å². The number of rotatable bonds is 6. The maximum absolute atomic E-state index is 13.2. The zero-order valence-corrected chi connectivity index (χ0v) is 17.9. The van der Waals surface area contributed by atoms with Crippen LogP contribution in [0.2, 0.25) is 0 Å². The van der Waals surface area contributed by atoms with Crippen LogP contribution in [0.25, 0.3) is 10.9 Å². The van der Waals surface area contributed by atoms with Gasteiger partial charge >= 0.3 is 0 Å². The van der Waals surface area contributed by atoms with Crippen molar-refractivity contribution in [2.75, 3.05) is 11.9 Å². The summed E-state index contributed by atoms with van der Waals surface area (Å²) in [6.07, 6.45) is 4.05. The first-order valence-electron chi connectivity index (χ1n) is 9.87. The lowest BCUT2D eigenvalue weighted by Crippen LogP contribution is -2.29. The first kappa shape index (κ1) is 20.0. The number of nitrogens with zero attached hydrogens (tertiary/aromatic N) is 6. The average Bonchev–Trinajstić information content (AvgIpc) is 3.51. The summed E-state index contributed by atoms with van der Waals surface area (Å²) < 4.78 is 1.42. The van der Waals surface area contributed by atoms with E-state index >= 15 is 0 Å². The van der Waals surface area contributed by atoms with Crippen LogP contribution in [0.3, 0.4) is 0 Å². The summed E-state index contributed by atoms with van der Waals surface area (Å²) in [5.74, 6) is 0.562. The maximum Gasteiger partial charge on any atom is 0.290 e. The van der Waals surface area contributed by atoms with Crippen LogP contribution in [0.5, 0.6) is 0 Å². The molecule has 2 N–H and O–H groups in total. The average molecular weight is 446 g/mol. The zero-order chi connectivity index (χ0) is 22.1. The van der Waals surface area contributed by atoms with Gasteiger partial charge in [-0.2, -0.15) is 10.2 Å². The minimum absolute atomic E-state index is 0.240. The lowest BCUT2D eigenvalue weighted by molar-refractivity contribution is 0.215. The van der Waals surface area contributed by atoms with Gasteiger partial charge in [0.1, 0.15) is 22.6 Å². The van der Waals surface area contributed by atoms with Gasteiger partial charge in [0, 0.05) is 30.2 Å². The van der Waals surface area contributed by atoms with E-state index in [0.717, 1.165) is 16.5 Å². The second-order valence-corrected chi connectivity index (χ2v) is 8.08. The minimum Gasteiger partial charge on any atom is -0.380 e. The minimum atomic E-state index is -0.923. The van der Waals surface area contributed by atoms with Crippen LogP contribution in [-0.4, -0.2) is 42.1 Å². The van der Waals surface area contributed by atoms with E-state index in [2.05, 4.69) is 25.3 Å². The Morgan fingerprint density at radius 2 is 2.09 bits per heavy atom. The number of benzene rings is 1. The molecule has 0 aliphatic heterocycles. The molecule has 10 heteroatoms. The molecule has 1 aromatic carbocycles. The van der Waals surface area contributed by atoms with E-state index in [-0.39, 0.29) is 5.56 Å². The predicted octanol–water partition coefficient (Wildman–Crippen LogP) is 2.87. The van der Waals surface area contributed by atoms with Crippen molar-refractivity contribution >= 4 is 33.7 Å². The summed E-state index contributed by atoms with van der Waals surface area (Å²) in [6.45, 7) is 0.318. The van der Waals surface area contributed by atoms with Gasteiger partial charge in [-0.15, -0.1) is 11.3 Å². The van der Waals surface area contributed by atoms with Crippen molar-refractivity contribution in [3.05, 3.63) is 93.1 Å². The number of hydrogen-bond acceptors (Lipinski definition) is 8. The molecule has 0 amide bonds. The highest BCUT2D eigenvalue weighted by Crippen LogP contribution is 2.29. The van der Waals surface area contributed by atoms with E-state index < -0.39 is 6.10 Å². The molecule has 1 atom stereocenters. The number of thiazole rings is 1. The first-order chi connectivity index (χ1) is 15.6. The highest BCUT2D eigenvalue weighted by atomic mass is 32.1. The Morgan fingerprint density at radius 1 is 1.19 bits per heavy atom. The van der Waals surface area contributed by atoms with Crippen molar-refractivity contribution in [1.29, 1.82) is 0 Å². The molecule has 0 spiro atoms. The molecular weight excluding hydrogens is 426 g/mol. The number of H-pyrrole nitrogens is 1. The number of hydrogen-bond donors (Lipinski definition) is 2. The third-order valence-electron chi connectivity index (χ3n) is 5.20. The Morgan fingerprint density at radius 3 is 2.94 bits per heavy atom. The quantitative estimate of drug-likeness (QED) is 0.413. The number of aromatic nitrogens is 6. The lowest BCUT2D eigenvalue weighted by Gasteiger charge is -2.17. The topological polar surface area (TPSA) is 113 Å². The number of fused-ring (bicyclic) bond motifs is 1. The van der Waals surface area contributed by atoms with Crippen LogP contribution in [0.15, 0.2) is 71.2 Å². The van der Waals surface area contributed by atoms with Crippen LogP contribution in [0.4, 0.5) is 11.5 Å². The number of pyridine rings is 1. The van der Waals surface area contributed by atoms with Gasteiger partial charge in [0.2, 0.25) is 0 Å². The molecule has 160 valence electrons. The molecule has 0 saturated heterocycles. The van der Waals surface area contributed by atoms with Crippen LogP contribution < -0.4 is 10.5 Å². The van der Waals surface area contributed by atoms with Crippen LogP contribution in [0.1, 0.15) is 22.4 Å². The number of anilines is 2. The smallest absolute Gasteiger partial charge is 0.290 e. The van der Waals surface area contributed by atoms with E-state index in [9.17, 15) is 9.90 Å². The molecular formula is C22H19N7O2S. The molecule has 32 heavy (non-hydrogen) atoms. The second kappa shape index (κ2) is 8.33. The SMILES string of the molecule is CN(c1csc(C(O)c2ccccn2)n1)c1ccnn(Cc2cccc3[nH]ncc23)c1=O. The summed E-state index contributed by atoms with van der Waals surface area (Å²) in [6, 6.07) is 12.8. The highest BCUT2D eigenvalue weighted by molar-refractivity contribution is 7.10. The molecule has 5 aromatic rings. The Balaban J connectivity index is 1.43. The predicted molar refractivity (Wildman–Crippen MR) is 122 cm³/mol. The van der Waals surface area contributed by atoms with Crippen molar-refractivity contribution in [1.82, 2.24) is 29.9 Å². The van der Waals surface area contributed by atoms with Gasteiger partial charge in [-0.1, -0.05) is 18.2 Å². The van der Waals surface area contributed by atoms with E-state index in [1.165, 1.54) is 16.0 Å². The van der Waals surface area contributed by atoms with Gasteiger partial charge in [-0.25, -0.2) is 9.67 Å². The molecule has 4 aromatic heterocycles. The van der Waals surface area contributed by atoms with Crippen LogP contribution >= 0.6 is 11.3 Å². The van der Waals surface area contributed by atoms with E-state index in [1.54, 1.807) is 54.1 Å². The Kier molecular flexibility index (Phi) is 5.21. The van der Waals surface area contributed by atoms with Gasteiger partial charge in [0.25, 0.3) is 5.56 Å². The second-order valence-electron chi connectivity index (χ2n) is 7.19. The maximum atomic E-state index is 13.2. The molecule has 0 aliphatic carbocycles. The van der Waals surface area contributed by atoms with Gasteiger partial charge in [0.15, 0.2) is 0 Å². The summed E-state index contributed by atoms with van der Waals surface area (Å²) >= 11 is 1.31. The van der Waals surface area contributed by atoms with E-state index in [4.69, 9.17) is 0 Å². The third-order valence-corrected chi connectivity index (χ3v) is 6.09. The van der Waals surface area contributed by atoms with Gasteiger partial charge in [-0.3, -0.25) is 14.9 Å². The molecule has 0 saturated carbocycles. The van der Waals surface area contributed by atoms with Crippen LogP contribution in [0, 0.1) is 0 Å². The molecule has 0 radical (unpaired) electrons. The van der Waals surface area contributed by atoms with E-state index in [1.807, 2.05) is 24.3 Å². The van der Waals surface area contributed by atoms with E-state index in [0.29, 0.717) is 28.8 Å². The number of aliphatic hydroxyl groups excluding tert-OH is 1. The van der Waals surface area contributed by atoms with Crippen molar-refractivity contribution in [2.45, 2.75) is 12.6 Å². The number of aliphatic hydroxyl groups is 1. The standard InChI is InChI=1S/C22H19N7O2S/c1-28(19-13-32-21(26-19)20(30)17-6-2-3-9-23-17)18-8-10-25-29(22(18)31)12-14-5-4-7-16-15(14)11-24-27-16/h2-11,13,20,30H,12H2,1H3,(H,24,27). The fraction of sp³-hybridized carbons (Fsp3) is 0.136. The molecule has 1 unspecified atom stereocenters. The normalized spacial score (nSPS) is 12.2. The molecule has 5 rings (SSSR count). The number of nitrogens with one attached hydrogen (secondary N) is 1. The number of aromatic amines is 1. The summed E-state index contributed by atoms with van der Waals surface area (Å²) in [7, 11) is 1.77. The Bertz CT molecular complexity index is 1430. The third kappa shape index (κ3) is 3.66. The zero-order valence-electron chi connectivity index (χ0n) is 17.1. The van der Waals surface area contributed by atoms with Gasteiger partial charge in [-0.05, 0) is 29.8 Å². The monoisotopic (exact) mass is 445 g/mol. The molecule has 0 fully saturated rings. The van der Waals surface area contributed by atoms with Crippen molar-refractivity contribution in [3.8, 4) is 0 Å². The van der Waals surface area contributed by atoms with Crippen LogP contribution in [-0.2, 0) is 6.54 Å². The Hall–Kier alpha value is -3.89. The summed E-state index contributed by atoms with van der Waals surface area (Å²) in [4.78, 5) is 23.6. The molecule has 9 nitrogen and oxygen atoms in total. The largest absolute Gasteiger partial charge is 0.380 e. The molecule has 0 aliphatic rings. The molecule has 0 bridgehead atoms. The van der Waals surface area contributed by atoms with Crippen molar-refractivity contribution < 1.29 is 5.11 Å². The van der Waals surface area contributed by atoms with Gasteiger partial charge < -0.3 is 10.0 Å². The summed E-state index contributed by atoms with van der Waals surface area (Å²) in [5, 5.41) is 25.1. The fourth-order valence-corrected chi connectivity index (χ4v) is 4.32. The Labute approximate surface area is 186 Å². The summed E-state index contributed by atoms with van der Waals surface area (Å²) in [5.41, 5.74) is 2.57. The lowest BCUT2D eigenvalue weighted by atomic mass is 10.1. The first-order valence-corrected chi connectivity index (χ1v) is 10.7. The molecule has 4 heterocycles. The van der Waals surface area contributed by atoms with Gasteiger partial charge in [0.05, 0.1) is 24.0 Å². The fourth-order valence-electron chi connectivity index (χ4n) is 3.48. The van der Waals surface area contributed by atoms with Crippen molar-refractivity contribution in [3.63, 3.8) is 0 Å².